The summed E-state index contributed by atoms with van der Waals surface area (Å²) < 4.78 is 1.71. The van der Waals surface area contributed by atoms with Gasteiger partial charge >= 0.3 is 0 Å². The molecule has 15 heavy (non-hydrogen) atoms. The lowest BCUT2D eigenvalue weighted by atomic mass is 10.1. The summed E-state index contributed by atoms with van der Waals surface area (Å²) in [6.07, 6.45) is 0. The molecule has 0 bridgehead atoms. The molecular formula is C12H14N2O. The SMILES string of the molecule is Cc1cccc(-c2c(O)c(C)nn2C)c1. The maximum Gasteiger partial charge on any atom is 0.164 e. The Morgan fingerprint density at radius 2 is 2.00 bits per heavy atom. The first-order valence-electron chi connectivity index (χ1n) is 4.89. The summed E-state index contributed by atoms with van der Waals surface area (Å²) in [5.41, 5.74) is 3.60. The largest absolute Gasteiger partial charge is 0.504 e. The van der Waals surface area contributed by atoms with Gasteiger partial charge in [0.1, 0.15) is 11.4 Å². The van der Waals surface area contributed by atoms with E-state index in [4.69, 9.17) is 0 Å². The molecule has 0 amide bonds. The number of hydrogen-bond acceptors (Lipinski definition) is 2. The number of nitrogens with zero attached hydrogens (tertiary/aromatic N) is 2. The van der Waals surface area contributed by atoms with Gasteiger partial charge in [-0.3, -0.25) is 4.68 Å². The van der Waals surface area contributed by atoms with Crippen molar-refractivity contribution in [1.29, 1.82) is 0 Å². The molecule has 0 saturated heterocycles. The Bertz CT molecular complexity index is 500. The van der Waals surface area contributed by atoms with Crippen molar-refractivity contribution in [2.45, 2.75) is 13.8 Å². The first-order chi connectivity index (χ1) is 7.09. The Morgan fingerprint density at radius 3 is 2.53 bits per heavy atom. The first kappa shape index (κ1) is 9.77. The lowest BCUT2D eigenvalue weighted by Crippen LogP contribution is -1.93. The van der Waals surface area contributed by atoms with E-state index < -0.39 is 0 Å². The molecule has 1 heterocycles. The summed E-state index contributed by atoms with van der Waals surface area (Å²) in [4.78, 5) is 0. The van der Waals surface area contributed by atoms with E-state index in [1.807, 2.05) is 38.2 Å². The molecule has 2 aromatic rings. The van der Waals surface area contributed by atoms with E-state index in [0.29, 0.717) is 5.69 Å². The van der Waals surface area contributed by atoms with E-state index in [1.165, 1.54) is 5.56 Å². The minimum Gasteiger partial charge on any atom is -0.504 e. The van der Waals surface area contributed by atoms with Crippen LogP contribution in [0, 0.1) is 13.8 Å². The van der Waals surface area contributed by atoms with Crippen molar-refractivity contribution in [2.75, 3.05) is 0 Å². The third-order valence-corrected chi connectivity index (χ3v) is 2.48. The molecule has 2 rings (SSSR count). The van der Waals surface area contributed by atoms with Gasteiger partial charge in [-0.2, -0.15) is 5.10 Å². The topological polar surface area (TPSA) is 38.1 Å². The molecule has 1 aromatic heterocycles. The summed E-state index contributed by atoms with van der Waals surface area (Å²) in [6, 6.07) is 8.02. The normalized spacial score (nSPS) is 10.6. The highest BCUT2D eigenvalue weighted by atomic mass is 16.3. The van der Waals surface area contributed by atoms with Crippen LogP contribution in [0.4, 0.5) is 0 Å². The number of hydrogen-bond donors (Lipinski definition) is 1. The van der Waals surface area contributed by atoms with Gasteiger partial charge in [-0.15, -0.1) is 0 Å². The maximum absolute atomic E-state index is 9.88. The van der Waals surface area contributed by atoms with Crippen LogP contribution < -0.4 is 0 Å². The molecule has 0 spiro atoms. The minimum absolute atomic E-state index is 0.267. The number of rotatable bonds is 1. The number of aromatic nitrogens is 2. The zero-order valence-corrected chi connectivity index (χ0v) is 9.15. The van der Waals surface area contributed by atoms with Gasteiger partial charge < -0.3 is 5.11 Å². The number of aromatic hydroxyl groups is 1. The van der Waals surface area contributed by atoms with Crippen molar-refractivity contribution in [3.8, 4) is 17.0 Å². The second kappa shape index (κ2) is 3.42. The van der Waals surface area contributed by atoms with Crippen LogP contribution in [0.1, 0.15) is 11.3 Å². The van der Waals surface area contributed by atoms with Gasteiger partial charge in [0.05, 0.1) is 0 Å². The smallest absolute Gasteiger partial charge is 0.164 e. The minimum atomic E-state index is 0.267. The van der Waals surface area contributed by atoms with Crippen molar-refractivity contribution in [3.63, 3.8) is 0 Å². The summed E-state index contributed by atoms with van der Waals surface area (Å²) in [6.45, 7) is 3.83. The standard InChI is InChI=1S/C12H14N2O/c1-8-5-4-6-10(7-8)11-12(15)9(2)13-14(11)3/h4-7,15H,1-3H3. The monoisotopic (exact) mass is 202 g/mol. The van der Waals surface area contributed by atoms with Crippen LogP contribution in [0.15, 0.2) is 24.3 Å². The maximum atomic E-state index is 9.88. The zero-order chi connectivity index (χ0) is 11.0. The second-order valence-electron chi connectivity index (χ2n) is 3.78. The molecule has 1 N–H and O–H groups in total. The third kappa shape index (κ3) is 1.61. The number of aryl methyl sites for hydroxylation is 3. The predicted molar refractivity (Wildman–Crippen MR) is 59.8 cm³/mol. The molecule has 3 heteroatoms. The van der Waals surface area contributed by atoms with Crippen molar-refractivity contribution in [1.82, 2.24) is 9.78 Å². The van der Waals surface area contributed by atoms with Crippen LogP contribution in [0.25, 0.3) is 11.3 Å². The fraction of sp³-hybridized carbons (Fsp3) is 0.250. The quantitative estimate of drug-likeness (QED) is 0.771. The van der Waals surface area contributed by atoms with Gasteiger partial charge in [0.15, 0.2) is 5.75 Å². The lowest BCUT2D eigenvalue weighted by Gasteiger charge is -2.03. The van der Waals surface area contributed by atoms with Crippen molar-refractivity contribution < 1.29 is 5.11 Å². The molecule has 0 aliphatic rings. The Balaban J connectivity index is 2.63. The van der Waals surface area contributed by atoms with Gasteiger partial charge in [-0.1, -0.05) is 23.8 Å². The molecule has 0 aliphatic carbocycles. The number of benzene rings is 1. The summed E-state index contributed by atoms with van der Waals surface area (Å²) in [5.74, 6) is 0.267. The Morgan fingerprint density at radius 1 is 1.27 bits per heavy atom. The average Bonchev–Trinajstić information content (AvgIpc) is 2.41. The molecule has 0 atom stereocenters. The Hall–Kier alpha value is -1.77. The van der Waals surface area contributed by atoms with E-state index in [-0.39, 0.29) is 5.75 Å². The predicted octanol–water partition coefficient (Wildman–Crippen LogP) is 2.41. The molecule has 1 aromatic carbocycles. The van der Waals surface area contributed by atoms with Gasteiger partial charge in [0, 0.05) is 12.6 Å². The second-order valence-corrected chi connectivity index (χ2v) is 3.78. The molecule has 0 aliphatic heterocycles. The van der Waals surface area contributed by atoms with Crippen LogP contribution in [-0.4, -0.2) is 14.9 Å². The molecule has 0 saturated carbocycles. The van der Waals surface area contributed by atoms with E-state index in [1.54, 1.807) is 11.6 Å². The van der Waals surface area contributed by atoms with Crippen LogP contribution in [0.5, 0.6) is 5.75 Å². The molecule has 0 unspecified atom stereocenters. The van der Waals surface area contributed by atoms with Gasteiger partial charge in [0.25, 0.3) is 0 Å². The van der Waals surface area contributed by atoms with Crippen molar-refractivity contribution in [2.24, 2.45) is 7.05 Å². The van der Waals surface area contributed by atoms with Gasteiger partial charge in [0.2, 0.25) is 0 Å². The summed E-state index contributed by atoms with van der Waals surface area (Å²) >= 11 is 0. The van der Waals surface area contributed by atoms with E-state index in [2.05, 4.69) is 5.10 Å². The average molecular weight is 202 g/mol. The van der Waals surface area contributed by atoms with E-state index in [9.17, 15) is 5.11 Å². The molecule has 0 radical (unpaired) electrons. The van der Waals surface area contributed by atoms with Crippen LogP contribution in [0.2, 0.25) is 0 Å². The van der Waals surface area contributed by atoms with Crippen LogP contribution in [0.3, 0.4) is 0 Å². The van der Waals surface area contributed by atoms with Crippen molar-refractivity contribution in [3.05, 3.63) is 35.5 Å². The zero-order valence-electron chi connectivity index (χ0n) is 9.15. The molecule has 78 valence electrons. The van der Waals surface area contributed by atoms with E-state index in [0.717, 1.165) is 11.3 Å². The van der Waals surface area contributed by atoms with Crippen LogP contribution in [-0.2, 0) is 7.05 Å². The van der Waals surface area contributed by atoms with Gasteiger partial charge in [-0.05, 0) is 19.9 Å². The molecule has 0 fully saturated rings. The fourth-order valence-electron chi connectivity index (χ4n) is 1.76. The summed E-state index contributed by atoms with van der Waals surface area (Å²) in [5, 5.41) is 14.1. The highest BCUT2D eigenvalue weighted by Gasteiger charge is 2.13. The lowest BCUT2D eigenvalue weighted by molar-refractivity contribution is 0.473. The van der Waals surface area contributed by atoms with Gasteiger partial charge in [-0.25, -0.2) is 0 Å². The highest BCUT2D eigenvalue weighted by Crippen LogP contribution is 2.31. The first-order valence-corrected chi connectivity index (χ1v) is 4.89. The van der Waals surface area contributed by atoms with Crippen molar-refractivity contribution >= 4 is 0 Å². The third-order valence-electron chi connectivity index (χ3n) is 2.48. The molecular weight excluding hydrogens is 188 g/mol. The highest BCUT2D eigenvalue weighted by molar-refractivity contribution is 5.68. The van der Waals surface area contributed by atoms with E-state index >= 15 is 0 Å². The fourth-order valence-corrected chi connectivity index (χ4v) is 1.76. The Kier molecular flexibility index (Phi) is 2.23. The molecule has 3 nitrogen and oxygen atoms in total. The summed E-state index contributed by atoms with van der Waals surface area (Å²) in [7, 11) is 1.84. The Labute approximate surface area is 89.0 Å². The van der Waals surface area contributed by atoms with Crippen LogP contribution >= 0.6 is 0 Å².